The second kappa shape index (κ2) is 5.53. The molecule has 0 spiro atoms. The summed E-state index contributed by atoms with van der Waals surface area (Å²) >= 11 is 6.25. The van der Waals surface area contributed by atoms with Gasteiger partial charge in [-0.2, -0.15) is 13.2 Å². The zero-order valence-electron chi connectivity index (χ0n) is 11.0. The van der Waals surface area contributed by atoms with Crippen LogP contribution in [0.25, 0.3) is 0 Å². The van der Waals surface area contributed by atoms with Gasteiger partial charge in [0.1, 0.15) is 18.4 Å². The van der Waals surface area contributed by atoms with Crippen molar-refractivity contribution in [2.75, 3.05) is 13.3 Å². The summed E-state index contributed by atoms with van der Waals surface area (Å²) in [6.07, 6.45) is -0.632. The lowest BCUT2D eigenvalue weighted by Gasteiger charge is -2.37. The van der Waals surface area contributed by atoms with E-state index < -0.39 is 11.2 Å². The third-order valence-electron chi connectivity index (χ3n) is 3.23. The zero-order valence-corrected chi connectivity index (χ0v) is 12.6. The summed E-state index contributed by atoms with van der Waals surface area (Å²) in [4.78, 5) is 0. The van der Waals surface area contributed by atoms with Crippen LogP contribution in [0.1, 0.15) is 5.01 Å². The van der Waals surface area contributed by atoms with Gasteiger partial charge in [-0.3, -0.25) is 0 Å². The van der Waals surface area contributed by atoms with E-state index in [0.717, 1.165) is 5.69 Å². The minimum absolute atomic E-state index is 0.0981. The fourth-order valence-corrected chi connectivity index (χ4v) is 2.69. The fourth-order valence-electron chi connectivity index (χ4n) is 2.01. The molecule has 0 fully saturated rings. The highest BCUT2D eigenvalue weighted by Crippen LogP contribution is 2.35. The molecule has 0 saturated carbocycles. The molecule has 1 unspecified atom stereocenters. The van der Waals surface area contributed by atoms with Crippen molar-refractivity contribution in [3.8, 4) is 5.19 Å². The van der Waals surface area contributed by atoms with Crippen LogP contribution in [0, 0.1) is 0 Å². The number of alkyl halides is 3. The first-order chi connectivity index (χ1) is 10.4. The summed E-state index contributed by atoms with van der Waals surface area (Å²) in [6, 6.07) is 7.23. The quantitative estimate of drug-likeness (QED) is 0.781. The van der Waals surface area contributed by atoms with E-state index in [2.05, 4.69) is 10.2 Å². The maximum absolute atomic E-state index is 12.5. The largest absolute Gasteiger partial charge is 0.445 e. The Bertz CT molecular complexity index is 701. The molecule has 0 N–H and O–H groups in total. The van der Waals surface area contributed by atoms with Crippen LogP contribution in [0.3, 0.4) is 0 Å². The van der Waals surface area contributed by atoms with Gasteiger partial charge in [-0.1, -0.05) is 28.0 Å². The van der Waals surface area contributed by atoms with Crippen LogP contribution in [0.4, 0.5) is 18.9 Å². The molecule has 116 valence electrons. The molecule has 1 aliphatic rings. The van der Waals surface area contributed by atoms with Gasteiger partial charge >= 0.3 is 6.18 Å². The number of ether oxygens (including phenoxy) is 1. The monoisotopic (exact) mass is 348 g/mol. The number of halogens is 4. The molecule has 0 bridgehead atoms. The molecule has 1 aliphatic heterocycles. The number of hydrogen-bond acceptors (Lipinski definition) is 4. The predicted molar refractivity (Wildman–Crippen MR) is 77.7 cm³/mol. The van der Waals surface area contributed by atoms with Crippen molar-refractivity contribution in [1.29, 1.82) is 0 Å². The highest BCUT2D eigenvalue weighted by atomic mass is 35.5. The Morgan fingerprint density at radius 3 is 2.41 bits per heavy atom. The summed E-state index contributed by atoms with van der Waals surface area (Å²) in [5.41, 5.74) is 0.937. The van der Waals surface area contributed by atoms with Gasteiger partial charge in [0.05, 0.1) is 0 Å². The lowest BCUT2D eigenvalue weighted by Crippen LogP contribution is -2.52. The standard InChI is InChI=1S/C13H10ClF3N3OS/c14-9-2-4-10(5-3-9)20(6-1-7-20)8-21-12-19-18-11(22-12)13(15,16)17/h1-6H,7-8H2/q+1. The molecule has 9 heteroatoms. The number of rotatable bonds is 4. The topological polar surface area (TPSA) is 35.0 Å². The van der Waals surface area contributed by atoms with Gasteiger partial charge in [0, 0.05) is 23.2 Å². The van der Waals surface area contributed by atoms with E-state index in [-0.39, 0.29) is 11.9 Å². The molecule has 0 aliphatic carbocycles. The maximum Gasteiger partial charge on any atom is 0.445 e. The molecule has 0 radical (unpaired) electrons. The maximum atomic E-state index is 12.5. The van der Waals surface area contributed by atoms with Crippen molar-refractivity contribution in [2.45, 2.75) is 6.18 Å². The van der Waals surface area contributed by atoms with E-state index in [1.807, 2.05) is 24.4 Å². The summed E-state index contributed by atoms with van der Waals surface area (Å²) in [5.74, 6) is 0. The summed E-state index contributed by atoms with van der Waals surface area (Å²) < 4.78 is 43.2. The molecule has 0 amide bonds. The summed E-state index contributed by atoms with van der Waals surface area (Å²) in [7, 11) is 0. The van der Waals surface area contributed by atoms with Crippen molar-refractivity contribution in [3.05, 3.63) is 46.6 Å². The molecule has 3 rings (SSSR count). The smallest absolute Gasteiger partial charge is 0.417 e. The van der Waals surface area contributed by atoms with E-state index in [0.29, 0.717) is 27.4 Å². The first-order valence-electron chi connectivity index (χ1n) is 6.23. The van der Waals surface area contributed by atoms with Crippen LogP contribution in [0.15, 0.2) is 36.5 Å². The Labute approximate surface area is 133 Å². The Hall–Kier alpha value is -1.64. The highest BCUT2D eigenvalue weighted by molar-refractivity contribution is 7.13. The third kappa shape index (κ3) is 2.94. The number of nitrogens with zero attached hydrogens (tertiary/aromatic N) is 3. The van der Waals surface area contributed by atoms with Gasteiger partial charge in [-0.25, -0.2) is 4.48 Å². The van der Waals surface area contributed by atoms with Gasteiger partial charge < -0.3 is 4.74 Å². The molecular weight excluding hydrogens is 339 g/mol. The van der Waals surface area contributed by atoms with Crippen molar-refractivity contribution in [1.82, 2.24) is 14.7 Å². The van der Waals surface area contributed by atoms with Crippen LogP contribution in [0.2, 0.25) is 5.02 Å². The molecule has 1 aromatic heterocycles. The van der Waals surface area contributed by atoms with Gasteiger partial charge in [0.2, 0.25) is 11.7 Å². The number of hydrogen-bond donors (Lipinski definition) is 0. The number of quaternary nitrogens is 1. The molecule has 2 aromatic rings. The molecule has 4 nitrogen and oxygen atoms in total. The zero-order chi connectivity index (χ0) is 15.8. The highest BCUT2D eigenvalue weighted by Gasteiger charge is 2.37. The Morgan fingerprint density at radius 1 is 1.23 bits per heavy atom. The first kappa shape index (κ1) is 15.3. The molecule has 22 heavy (non-hydrogen) atoms. The minimum atomic E-state index is -4.50. The van der Waals surface area contributed by atoms with Crippen LogP contribution in [0.5, 0.6) is 5.19 Å². The van der Waals surface area contributed by atoms with Crippen LogP contribution in [-0.4, -0.2) is 23.5 Å². The average Bonchev–Trinajstić information content (AvgIpc) is 2.88. The Kier molecular flexibility index (Phi) is 3.84. The lowest BCUT2D eigenvalue weighted by atomic mass is 10.2. The van der Waals surface area contributed by atoms with Gasteiger partial charge in [0.25, 0.3) is 5.19 Å². The van der Waals surface area contributed by atoms with Gasteiger partial charge in [0.15, 0.2) is 0 Å². The Balaban J connectivity index is 1.73. The predicted octanol–water partition coefficient (Wildman–Crippen LogP) is 4.08. The van der Waals surface area contributed by atoms with Crippen molar-refractivity contribution in [2.24, 2.45) is 0 Å². The molecular formula is C13H10ClF3N3OS+. The normalized spacial score (nSPS) is 20.7. The van der Waals surface area contributed by atoms with Gasteiger partial charge in [-0.05, 0) is 12.1 Å². The van der Waals surface area contributed by atoms with E-state index in [4.69, 9.17) is 16.3 Å². The van der Waals surface area contributed by atoms with Crippen LogP contribution in [-0.2, 0) is 6.18 Å². The van der Waals surface area contributed by atoms with Crippen LogP contribution >= 0.6 is 22.9 Å². The summed E-state index contributed by atoms with van der Waals surface area (Å²) in [5, 5.41) is 6.02. The van der Waals surface area contributed by atoms with Gasteiger partial charge in [-0.15, -0.1) is 5.10 Å². The van der Waals surface area contributed by atoms with Crippen molar-refractivity contribution in [3.63, 3.8) is 0 Å². The van der Waals surface area contributed by atoms with E-state index >= 15 is 0 Å². The average molecular weight is 349 g/mol. The van der Waals surface area contributed by atoms with Crippen molar-refractivity contribution >= 4 is 28.6 Å². The SMILES string of the molecule is FC(F)(F)c1nnc(OC[N+]2(c3ccc(Cl)cc3)C=CC2)s1. The molecule has 1 atom stereocenters. The van der Waals surface area contributed by atoms with E-state index in [1.165, 1.54) is 0 Å². The number of benzene rings is 1. The fraction of sp³-hybridized carbons (Fsp3) is 0.231. The minimum Gasteiger partial charge on any atom is -0.417 e. The first-order valence-corrected chi connectivity index (χ1v) is 7.43. The van der Waals surface area contributed by atoms with Crippen LogP contribution < -0.4 is 9.22 Å². The van der Waals surface area contributed by atoms with Crippen molar-refractivity contribution < 1.29 is 17.9 Å². The molecule has 0 saturated heterocycles. The van der Waals surface area contributed by atoms with E-state index in [1.54, 1.807) is 12.1 Å². The second-order valence-electron chi connectivity index (χ2n) is 4.72. The Morgan fingerprint density at radius 2 is 1.91 bits per heavy atom. The molecule has 1 aromatic carbocycles. The third-order valence-corrected chi connectivity index (χ3v) is 4.36. The van der Waals surface area contributed by atoms with E-state index in [9.17, 15) is 13.2 Å². The second-order valence-corrected chi connectivity index (χ2v) is 6.10. The lowest BCUT2D eigenvalue weighted by molar-refractivity contribution is -0.138. The summed E-state index contributed by atoms with van der Waals surface area (Å²) in [6.45, 7) is 0.831. The number of aromatic nitrogens is 2. The molecule has 2 heterocycles.